The molecule has 0 spiro atoms. The highest BCUT2D eigenvalue weighted by atomic mass is 19.4. The summed E-state index contributed by atoms with van der Waals surface area (Å²) in [5, 5.41) is 8.46. The largest absolute Gasteiger partial charge is 0.478 e. The van der Waals surface area contributed by atoms with Gasteiger partial charge in [0.1, 0.15) is 5.82 Å². The molecule has 7 heteroatoms. The maximum atomic E-state index is 12.8. The normalized spacial score (nSPS) is 11.2. The molecule has 0 aromatic heterocycles. The van der Waals surface area contributed by atoms with Crippen molar-refractivity contribution in [2.24, 2.45) is 0 Å². The van der Waals surface area contributed by atoms with Crippen LogP contribution in [0.2, 0.25) is 0 Å². The van der Waals surface area contributed by atoms with Crippen LogP contribution in [0.3, 0.4) is 0 Å². The van der Waals surface area contributed by atoms with Crippen molar-refractivity contribution in [3.63, 3.8) is 0 Å². The number of benzene rings is 1. The van der Waals surface area contributed by atoms with E-state index < -0.39 is 34.9 Å². The number of carbonyl (C=O) groups excluding carboxylic acids is 1. The number of carboxylic acid groups (broad SMARTS) is 1. The van der Waals surface area contributed by atoms with Crippen LogP contribution in [-0.4, -0.2) is 23.0 Å². The zero-order valence-electron chi connectivity index (χ0n) is 7.51. The summed E-state index contributed by atoms with van der Waals surface area (Å²) < 4.78 is 48.7. The first-order valence-corrected chi connectivity index (χ1v) is 3.87. The third kappa shape index (κ3) is 2.56. The monoisotopic (exact) mass is 236 g/mol. The lowest BCUT2D eigenvalue weighted by molar-refractivity contribution is -0.0885. The van der Waals surface area contributed by atoms with Crippen molar-refractivity contribution in [2.75, 3.05) is 0 Å². The number of hydrogen-bond acceptors (Lipinski definition) is 2. The number of carbonyl (C=O) groups is 2. The molecule has 86 valence electrons. The number of Topliss-reactive ketones (excluding diaryl/α,β-unsaturated/α-hetero) is 1. The fourth-order valence-electron chi connectivity index (χ4n) is 1.01. The minimum absolute atomic E-state index is 0.336. The van der Waals surface area contributed by atoms with Gasteiger partial charge in [0.25, 0.3) is 5.78 Å². The van der Waals surface area contributed by atoms with Crippen LogP contribution in [0.25, 0.3) is 0 Å². The van der Waals surface area contributed by atoms with Crippen molar-refractivity contribution in [1.82, 2.24) is 0 Å². The topological polar surface area (TPSA) is 54.4 Å². The van der Waals surface area contributed by atoms with Crippen molar-refractivity contribution >= 4 is 11.8 Å². The second-order valence-electron chi connectivity index (χ2n) is 2.86. The van der Waals surface area contributed by atoms with E-state index in [2.05, 4.69) is 0 Å². The van der Waals surface area contributed by atoms with E-state index >= 15 is 0 Å². The van der Waals surface area contributed by atoms with Crippen LogP contribution in [0.15, 0.2) is 18.2 Å². The van der Waals surface area contributed by atoms with Crippen LogP contribution in [-0.2, 0) is 0 Å². The second kappa shape index (κ2) is 3.92. The standard InChI is InChI=1S/C9H4F4O3/c10-6-2-4(7(14)9(11,12)13)1-5(3-6)8(15)16/h1-3H,(H,15,16). The Balaban J connectivity index is 3.26. The van der Waals surface area contributed by atoms with Crippen LogP contribution in [0, 0.1) is 5.82 Å². The molecule has 1 N–H and O–H groups in total. The number of aromatic carboxylic acids is 1. The van der Waals surface area contributed by atoms with Crippen molar-refractivity contribution in [2.45, 2.75) is 6.18 Å². The Labute approximate surface area is 86.3 Å². The van der Waals surface area contributed by atoms with Crippen molar-refractivity contribution < 1.29 is 32.3 Å². The molecule has 0 aliphatic carbocycles. The lowest BCUT2D eigenvalue weighted by Crippen LogP contribution is -2.23. The average Bonchev–Trinajstić information content (AvgIpc) is 2.14. The number of hydrogen-bond donors (Lipinski definition) is 1. The lowest BCUT2D eigenvalue weighted by Gasteiger charge is -2.05. The Hall–Kier alpha value is -1.92. The maximum Gasteiger partial charge on any atom is 0.454 e. The first kappa shape index (κ1) is 12.2. The first-order valence-electron chi connectivity index (χ1n) is 3.87. The van der Waals surface area contributed by atoms with Gasteiger partial charge >= 0.3 is 12.1 Å². The number of ketones is 1. The van der Waals surface area contributed by atoms with E-state index in [0.29, 0.717) is 18.2 Å². The summed E-state index contributed by atoms with van der Waals surface area (Å²) >= 11 is 0. The smallest absolute Gasteiger partial charge is 0.454 e. The Kier molecular flexibility index (Phi) is 2.97. The van der Waals surface area contributed by atoms with Gasteiger partial charge in [0.15, 0.2) is 0 Å². The maximum absolute atomic E-state index is 12.8. The highest BCUT2D eigenvalue weighted by Gasteiger charge is 2.39. The van der Waals surface area contributed by atoms with Gasteiger partial charge in [-0.05, 0) is 18.2 Å². The van der Waals surface area contributed by atoms with Crippen LogP contribution in [0.5, 0.6) is 0 Å². The number of carboxylic acids is 1. The number of halogens is 4. The lowest BCUT2D eigenvalue weighted by atomic mass is 10.1. The average molecular weight is 236 g/mol. The molecule has 0 unspecified atom stereocenters. The van der Waals surface area contributed by atoms with E-state index in [1.165, 1.54) is 0 Å². The minimum Gasteiger partial charge on any atom is -0.478 e. The highest BCUT2D eigenvalue weighted by Crippen LogP contribution is 2.22. The van der Waals surface area contributed by atoms with Crippen molar-refractivity contribution in [1.29, 1.82) is 0 Å². The van der Waals surface area contributed by atoms with Crippen LogP contribution in [0.1, 0.15) is 20.7 Å². The Morgan fingerprint density at radius 2 is 1.56 bits per heavy atom. The van der Waals surface area contributed by atoms with Crippen LogP contribution in [0.4, 0.5) is 17.6 Å². The predicted octanol–water partition coefficient (Wildman–Crippen LogP) is 2.27. The Morgan fingerprint density at radius 1 is 1.06 bits per heavy atom. The summed E-state index contributed by atoms with van der Waals surface area (Å²) in [4.78, 5) is 21.1. The van der Waals surface area contributed by atoms with Gasteiger partial charge in [0, 0.05) is 5.56 Å². The van der Waals surface area contributed by atoms with E-state index in [4.69, 9.17) is 5.11 Å². The molecular weight excluding hydrogens is 232 g/mol. The molecule has 0 bridgehead atoms. The molecule has 0 heterocycles. The molecule has 3 nitrogen and oxygen atoms in total. The SMILES string of the molecule is O=C(O)c1cc(F)cc(C(=O)C(F)(F)F)c1. The molecule has 0 saturated carbocycles. The van der Waals surface area contributed by atoms with E-state index in [1.807, 2.05) is 0 Å². The number of rotatable bonds is 2. The van der Waals surface area contributed by atoms with Crippen LogP contribution >= 0.6 is 0 Å². The third-order valence-electron chi connectivity index (χ3n) is 1.66. The van der Waals surface area contributed by atoms with Gasteiger partial charge in [-0.3, -0.25) is 4.79 Å². The molecular formula is C9H4F4O3. The van der Waals surface area contributed by atoms with Crippen LogP contribution < -0.4 is 0 Å². The summed E-state index contributed by atoms with van der Waals surface area (Å²) in [5.74, 6) is -5.11. The molecule has 0 aliphatic heterocycles. The summed E-state index contributed by atoms with van der Waals surface area (Å²) in [5.41, 5.74) is -1.75. The van der Waals surface area contributed by atoms with Gasteiger partial charge in [-0.15, -0.1) is 0 Å². The van der Waals surface area contributed by atoms with E-state index in [-0.39, 0.29) is 0 Å². The first-order chi connectivity index (χ1) is 7.21. The third-order valence-corrected chi connectivity index (χ3v) is 1.66. The molecule has 0 radical (unpaired) electrons. The summed E-state index contributed by atoms with van der Waals surface area (Å²) in [6.07, 6.45) is -5.16. The van der Waals surface area contributed by atoms with Gasteiger partial charge in [0.05, 0.1) is 5.56 Å². The zero-order chi connectivity index (χ0) is 12.5. The van der Waals surface area contributed by atoms with Gasteiger partial charge in [0.2, 0.25) is 0 Å². The minimum atomic E-state index is -5.16. The Bertz CT molecular complexity index is 451. The Morgan fingerprint density at radius 3 is 2.00 bits per heavy atom. The predicted molar refractivity (Wildman–Crippen MR) is 43.7 cm³/mol. The molecule has 0 aliphatic rings. The van der Waals surface area contributed by atoms with Crippen molar-refractivity contribution in [3.05, 3.63) is 35.1 Å². The van der Waals surface area contributed by atoms with Gasteiger partial charge in [-0.1, -0.05) is 0 Å². The molecule has 0 fully saturated rings. The van der Waals surface area contributed by atoms with E-state index in [0.717, 1.165) is 0 Å². The molecule has 16 heavy (non-hydrogen) atoms. The molecule has 0 amide bonds. The van der Waals surface area contributed by atoms with Gasteiger partial charge in [-0.25, -0.2) is 9.18 Å². The molecule has 0 atom stereocenters. The summed E-state index contributed by atoms with van der Waals surface area (Å²) in [7, 11) is 0. The van der Waals surface area contributed by atoms with E-state index in [9.17, 15) is 27.2 Å². The van der Waals surface area contributed by atoms with E-state index in [1.54, 1.807) is 0 Å². The number of alkyl halides is 3. The summed E-state index contributed by atoms with van der Waals surface area (Å²) in [6.45, 7) is 0. The molecule has 1 rings (SSSR count). The molecule has 0 saturated heterocycles. The van der Waals surface area contributed by atoms with Gasteiger partial charge < -0.3 is 5.11 Å². The zero-order valence-corrected chi connectivity index (χ0v) is 7.51. The second-order valence-corrected chi connectivity index (χ2v) is 2.86. The highest BCUT2D eigenvalue weighted by molar-refractivity contribution is 6.02. The van der Waals surface area contributed by atoms with Crippen molar-refractivity contribution in [3.8, 4) is 0 Å². The summed E-state index contributed by atoms with van der Waals surface area (Å²) in [6, 6.07) is 1.33. The molecule has 1 aromatic rings. The van der Waals surface area contributed by atoms with Gasteiger partial charge in [-0.2, -0.15) is 13.2 Å². The quantitative estimate of drug-likeness (QED) is 0.633. The fourth-order valence-corrected chi connectivity index (χ4v) is 1.01. The molecule has 1 aromatic carbocycles. The fraction of sp³-hybridized carbons (Fsp3) is 0.111.